The first kappa shape index (κ1) is 25.9. The van der Waals surface area contributed by atoms with E-state index in [4.69, 9.17) is 9.47 Å². The number of amides is 2. The minimum absolute atomic E-state index is 0.0842. The van der Waals surface area contributed by atoms with E-state index in [0.717, 1.165) is 27.8 Å². The molecule has 0 fully saturated rings. The fraction of sp³-hybridized carbons (Fsp3) is 0.300. The largest absolute Gasteiger partial charge is 0.467 e. The van der Waals surface area contributed by atoms with Crippen LogP contribution in [0.15, 0.2) is 78.9 Å². The van der Waals surface area contributed by atoms with Crippen molar-refractivity contribution in [2.24, 2.45) is 5.92 Å². The van der Waals surface area contributed by atoms with Gasteiger partial charge in [-0.2, -0.15) is 0 Å². The van der Waals surface area contributed by atoms with Crippen LogP contribution >= 0.6 is 0 Å². The molecule has 0 radical (unpaired) electrons. The monoisotopic (exact) mass is 500 g/mol. The Morgan fingerprint density at radius 1 is 0.811 bits per heavy atom. The summed E-state index contributed by atoms with van der Waals surface area (Å²) in [6.45, 7) is 3.78. The summed E-state index contributed by atoms with van der Waals surface area (Å²) >= 11 is 0. The third kappa shape index (κ3) is 6.00. The predicted molar refractivity (Wildman–Crippen MR) is 141 cm³/mol. The van der Waals surface area contributed by atoms with Crippen molar-refractivity contribution < 1.29 is 23.9 Å². The Balaban J connectivity index is 1.40. The Morgan fingerprint density at radius 2 is 1.38 bits per heavy atom. The minimum atomic E-state index is -0.890. The molecule has 0 aliphatic heterocycles. The Bertz CT molecular complexity index is 1210. The first-order valence-corrected chi connectivity index (χ1v) is 12.4. The number of carbonyl (C=O) groups excluding carboxylic acids is 3. The molecule has 1 aliphatic rings. The van der Waals surface area contributed by atoms with E-state index < -0.39 is 30.1 Å². The van der Waals surface area contributed by atoms with Crippen LogP contribution in [0.5, 0.6) is 0 Å². The van der Waals surface area contributed by atoms with Crippen molar-refractivity contribution >= 4 is 18.0 Å². The van der Waals surface area contributed by atoms with Gasteiger partial charge in [-0.25, -0.2) is 9.59 Å². The molecule has 0 saturated heterocycles. The number of benzene rings is 3. The molecule has 192 valence electrons. The second kappa shape index (κ2) is 11.7. The number of esters is 1. The highest BCUT2D eigenvalue weighted by molar-refractivity contribution is 5.90. The quantitative estimate of drug-likeness (QED) is 0.424. The van der Waals surface area contributed by atoms with E-state index in [1.54, 1.807) is 0 Å². The number of carbonyl (C=O) groups is 3. The number of hydrogen-bond donors (Lipinski definition) is 2. The fourth-order valence-electron chi connectivity index (χ4n) is 4.75. The van der Waals surface area contributed by atoms with Crippen molar-refractivity contribution in [3.63, 3.8) is 0 Å². The predicted octanol–water partition coefficient (Wildman–Crippen LogP) is 4.45. The zero-order chi connectivity index (χ0) is 26.4. The molecule has 3 aromatic rings. The molecule has 0 bridgehead atoms. The molecule has 0 aromatic heterocycles. The highest BCUT2D eigenvalue weighted by Crippen LogP contribution is 2.44. The molecule has 2 amide bonds. The summed E-state index contributed by atoms with van der Waals surface area (Å²) in [6.07, 6.45) is -0.414. The Morgan fingerprint density at radius 3 is 1.95 bits per heavy atom. The van der Waals surface area contributed by atoms with Crippen molar-refractivity contribution in [2.75, 3.05) is 13.7 Å². The van der Waals surface area contributed by atoms with E-state index >= 15 is 0 Å². The second-order valence-corrected chi connectivity index (χ2v) is 9.47. The third-order valence-electron chi connectivity index (χ3n) is 6.65. The lowest BCUT2D eigenvalue weighted by Crippen LogP contribution is -2.54. The molecule has 3 aromatic carbocycles. The highest BCUT2D eigenvalue weighted by atomic mass is 16.5. The average molecular weight is 501 g/mol. The molecule has 1 aliphatic carbocycles. The number of alkyl carbamates (subject to hydrolysis) is 1. The van der Waals surface area contributed by atoms with Crippen LogP contribution in [0, 0.1) is 5.92 Å². The number of fused-ring (bicyclic) bond motifs is 3. The van der Waals surface area contributed by atoms with Gasteiger partial charge in [0.15, 0.2) is 0 Å². The molecule has 2 atom stereocenters. The van der Waals surface area contributed by atoms with Gasteiger partial charge in [0, 0.05) is 12.3 Å². The lowest BCUT2D eigenvalue weighted by atomic mass is 9.98. The van der Waals surface area contributed by atoms with E-state index in [9.17, 15) is 14.4 Å². The van der Waals surface area contributed by atoms with Gasteiger partial charge >= 0.3 is 12.1 Å². The van der Waals surface area contributed by atoms with E-state index in [2.05, 4.69) is 22.8 Å². The lowest BCUT2D eigenvalue weighted by Gasteiger charge is -2.25. The standard InChI is InChI=1S/C30H32N2O5/c1-19(2)27(28(33)31-26(29(34)36-3)17-20-11-5-4-6-12-20)32-30(35)37-18-25-23-15-9-7-13-21(23)22-14-8-10-16-24(22)25/h4-16,19,25-27H,17-18H2,1-3H3,(H,31,33)(H,32,35)/t26-,27-/m0/s1. The van der Waals surface area contributed by atoms with Crippen molar-refractivity contribution in [2.45, 2.75) is 38.3 Å². The number of ether oxygens (including phenoxy) is 2. The van der Waals surface area contributed by atoms with Crippen LogP contribution < -0.4 is 10.6 Å². The molecule has 0 unspecified atom stereocenters. The third-order valence-corrected chi connectivity index (χ3v) is 6.65. The molecule has 0 saturated carbocycles. The maximum atomic E-state index is 13.1. The van der Waals surface area contributed by atoms with Crippen LogP contribution in [0.25, 0.3) is 11.1 Å². The van der Waals surface area contributed by atoms with Gasteiger partial charge in [-0.15, -0.1) is 0 Å². The van der Waals surface area contributed by atoms with Gasteiger partial charge in [-0.3, -0.25) is 4.79 Å². The Kier molecular flexibility index (Phi) is 8.23. The van der Waals surface area contributed by atoms with E-state index in [-0.39, 0.29) is 24.9 Å². The van der Waals surface area contributed by atoms with Crippen LogP contribution in [-0.2, 0) is 25.5 Å². The fourth-order valence-corrected chi connectivity index (χ4v) is 4.75. The van der Waals surface area contributed by atoms with Crippen molar-refractivity contribution in [1.29, 1.82) is 0 Å². The van der Waals surface area contributed by atoms with Gasteiger partial charge in [-0.1, -0.05) is 92.7 Å². The molecule has 0 heterocycles. The minimum Gasteiger partial charge on any atom is -0.467 e. The van der Waals surface area contributed by atoms with E-state index in [1.165, 1.54) is 7.11 Å². The van der Waals surface area contributed by atoms with Crippen LogP contribution in [0.1, 0.15) is 36.5 Å². The number of nitrogens with one attached hydrogen (secondary N) is 2. The maximum absolute atomic E-state index is 13.1. The molecule has 7 heteroatoms. The van der Waals surface area contributed by atoms with Crippen LogP contribution in [0.3, 0.4) is 0 Å². The lowest BCUT2D eigenvalue weighted by molar-refractivity contribution is -0.145. The van der Waals surface area contributed by atoms with Crippen LogP contribution in [-0.4, -0.2) is 43.8 Å². The van der Waals surface area contributed by atoms with Gasteiger partial charge < -0.3 is 20.1 Å². The summed E-state index contributed by atoms with van der Waals surface area (Å²) in [4.78, 5) is 38.3. The van der Waals surface area contributed by atoms with Gasteiger partial charge in [-0.05, 0) is 33.7 Å². The zero-order valence-corrected chi connectivity index (χ0v) is 21.3. The van der Waals surface area contributed by atoms with Crippen molar-refractivity contribution in [1.82, 2.24) is 10.6 Å². The maximum Gasteiger partial charge on any atom is 0.407 e. The molecular formula is C30H32N2O5. The molecule has 4 rings (SSSR count). The van der Waals surface area contributed by atoms with E-state index in [1.807, 2.05) is 80.6 Å². The molecule has 37 heavy (non-hydrogen) atoms. The summed E-state index contributed by atoms with van der Waals surface area (Å²) in [6, 6.07) is 23.8. The van der Waals surface area contributed by atoms with Gasteiger partial charge in [0.25, 0.3) is 0 Å². The first-order valence-electron chi connectivity index (χ1n) is 12.4. The number of hydrogen-bond acceptors (Lipinski definition) is 5. The van der Waals surface area contributed by atoms with Crippen molar-refractivity contribution in [3.05, 3.63) is 95.6 Å². The number of methoxy groups -OCH3 is 1. The Hall–Kier alpha value is -4.13. The smallest absolute Gasteiger partial charge is 0.407 e. The van der Waals surface area contributed by atoms with Gasteiger partial charge in [0.2, 0.25) is 5.91 Å². The molecule has 2 N–H and O–H groups in total. The van der Waals surface area contributed by atoms with Crippen molar-refractivity contribution in [3.8, 4) is 11.1 Å². The molecule has 0 spiro atoms. The van der Waals surface area contributed by atoms with Crippen LogP contribution in [0.2, 0.25) is 0 Å². The topological polar surface area (TPSA) is 93.7 Å². The first-order chi connectivity index (χ1) is 17.9. The second-order valence-electron chi connectivity index (χ2n) is 9.47. The summed E-state index contributed by atoms with van der Waals surface area (Å²) in [5, 5.41) is 5.43. The van der Waals surface area contributed by atoms with Gasteiger partial charge in [0.05, 0.1) is 7.11 Å². The Labute approximate surface area is 217 Å². The average Bonchev–Trinajstić information content (AvgIpc) is 3.23. The number of rotatable bonds is 9. The highest BCUT2D eigenvalue weighted by Gasteiger charge is 2.32. The summed E-state index contributed by atoms with van der Waals surface area (Å²) in [5.74, 6) is -1.36. The molecular weight excluding hydrogens is 468 g/mol. The van der Waals surface area contributed by atoms with E-state index in [0.29, 0.717) is 0 Å². The molecule has 7 nitrogen and oxygen atoms in total. The SMILES string of the molecule is COC(=O)[C@H](Cc1ccccc1)NC(=O)[C@@H](NC(=O)OCC1c2ccccc2-c2ccccc21)C(C)C. The zero-order valence-electron chi connectivity index (χ0n) is 21.3. The van der Waals surface area contributed by atoms with Gasteiger partial charge in [0.1, 0.15) is 18.7 Å². The summed E-state index contributed by atoms with van der Waals surface area (Å²) < 4.78 is 10.5. The van der Waals surface area contributed by atoms with Crippen LogP contribution in [0.4, 0.5) is 4.79 Å². The normalized spacial score (nSPS) is 13.7. The summed E-state index contributed by atoms with van der Waals surface area (Å²) in [5.41, 5.74) is 5.37. The summed E-state index contributed by atoms with van der Waals surface area (Å²) in [7, 11) is 1.28.